The van der Waals surface area contributed by atoms with Gasteiger partial charge in [0, 0.05) is 11.3 Å². The van der Waals surface area contributed by atoms with E-state index in [-0.39, 0.29) is 10.8 Å². The molecule has 0 fully saturated rings. The molecule has 3 aromatic rings. The fourth-order valence-electron chi connectivity index (χ4n) is 3.21. The van der Waals surface area contributed by atoms with Gasteiger partial charge in [-0.2, -0.15) is 0 Å². The van der Waals surface area contributed by atoms with Gasteiger partial charge in [0.1, 0.15) is 4.88 Å². The molecule has 1 amide bonds. The molecule has 0 aliphatic carbocycles. The minimum absolute atomic E-state index is 0.0463. The third-order valence-electron chi connectivity index (χ3n) is 4.89. The number of aryl methyl sites for hydroxylation is 1. The topological polar surface area (TPSA) is 57.6 Å². The molecule has 29 heavy (non-hydrogen) atoms. The highest BCUT2D eigenvalue weighted by Crippen LogP contribution is 2.38. The molecule has 1 heterocycles. The van der Waals surface area contributed by atoms with Crippen molar-refractivity contribution in [2.45, 2.75) is 39.7 Å². The second-order valence-corrected chi connectivity index (χ2v) is 8.06. The molecule has 0 aliphatic heterocycles. The maximum absolute atomic E-state index is 13.1. The van der Waals surface area contributed by atoms with Gasteiger partial charge in [-0.05, 0) is 36.1 Å². The van der Waals surface area contributed by atoms with Crippen LogP contribution in [0.15, 0.2) is 60.7 Å². The number of nitrogens with zero attached hydrogens (tertiary/aromatic N) is 1. The lowest BCUT2D eigenvalue weighted by atomic mass is 10.1. The molecule has 1 aromatic heterocycles. The highest BCUT2D eigenvalue weighted by atomic mass is 32.1. The maximum atomic E-state index is 13.1. The Balaban J connectivity index is 2.06. The van der Waals surface area contributed by atoms with Crippen LogP contribution in [-0.2, 0) is 11.3 Å². The van der Waals surface area contributed by atoms with E-state index < -0.39 is 5.97 Å². The summed E-state index contributed by atoms with van der Waals surface area (Å²) in [4.78, 5) is 27.8. The summed E-state index contributed by atoms with van der Waals surface area (Å²) in [5, 5.41) is 9.83. The zero-order valence-corrected chi connectivity index (χ0v) is 17.5. The first kappa shape index (κ1) is 20.8. The Morgan fingerprint density at radius 1 is 1.03 bits per heavy atom. The van der Waals surface area contributed by atoms with Crippen LogP contribution in [-0.4, -0.2) is 17.0 Å². The zero-order chi connectivity index (χ0) is 20.8. The number of carboxylic acids is 1. The third kappa shape index (κ3) is 4.93. The predicted octanol–water partition coefficient (Wildman–Crippen LogP) is 6.15. The van der Waals surface area contributed by atoms with E-state index in [1.807, 2.05) is 74.5 Å². The Labute approximate surface area is 175 Å². The van der Waals surface area contributed by atoms with Crippen molar-refractivity contribution < 1.29 is 14.7 Å². The van der Waals surface area contributed by atoms with Gasteiger partial charge in [0.05, 0.1) is 12.2 Å². The van der Waals surface area contributed by atoms with Crippen molar-refractivity contribution in [2.24, 2.45) is 0 Å². The summed E-state index contributed by atoms with van der Waals surface area (Å²) in [5.74, 6) is -1.06. The number of hydrogen-bond acceptors (Lipinski definition) is 3. The van der Waals surface area contributed by atoms with E-state index >= 15 is 0 Å². The fourth-order valence-corrected chi connectivity index (χ4v) is 4.21. The summed E-state index contributed by atoms with van der Waals surface area (Å²) in [6.45, 7) is 4.41. The molecule has 5 heteroatoms. The van der Waals surface area contributed by atoms with Crippen LogP contribution in [0.2, 0.25) is 0 Å². The molecule has 0 unspecified atom stereocenters. The lowest BCUT2D eigenvalue weighted by Gasteiger charge is -2.23. The van der Waals surface area contributed by atoms with Crippen molar-refractivity contribution in [3.63, 3.8) is 0 Å². The largest absolute Gasteiger partial charge is 0.477 e. The molecule has 0 radical (unpaired) electrons. The molecule has 3 rings (SSSR count). The van der Waals surface area contributed by atoms with Gasteiger partial charge < -0.3 is 10.0 Å². The number of anilines is 1. The third-order valence-corrected chi connectivity index (χ3v) is 6.05. The average Bonchev–Trinajstić information content (AvgIpc) is 3.17. The summed E-state index contributed by atoms with van der Waals surface area (Å²) in [5.41, 5.74) is 3.52. The van der Waals surface area contributed by atoms with E-state index in [1.165, 1.54) is 11.3 Å². The highest BCUT2D eigenvalue weighted by molar-refractivity contribution is 7.18. The van der Waals surface area contributed by atoms with Crippen molar-refractivity contribution in [2.75, 3.05) is 4.90 Å². The van der Waals surface area contributed by atoms with Gasteiger partial charge in [-0.25, -0.2) is 4.79 Å². The fraction of sp³-hybridized carbons (Fsp3) is 0.250. The zero-order valence-electron chi connectivity index (χ0n) is 16.7. The summed E-state index contributed by atoms with van der Waals surface area (Å²) in [6, 6.07) is 19.4. The molecule has 1 N–H and O–H groups in total. The Kier molecular flexibility index (Phi) is 6.83. The van der Waals surface area contributed by atoms with Crippen LogP contribution < -0.4 is 4.90 Å². The number of aromatic carboxylic acids is 1. The normalized spacial score (nSPS) is 10.7. The van der Waals surface area contributed by atoms with Crippen LogP contribution in [0.25, 0.3) is 10.4 Å². The lowest BCUT2D eigenvalue weighted by Crippen LogP contribution is -2.31. The average molecular weight is 408 g/mol. The van der Waals surface area contributed by atoms with Crippen LogP contribution in [0.5, 0.6) is 0 Å². The molecule has 4 nitrogen and oxygen atoms in total. The van der Waals surface area contributed by atoms with E-state index in [0.717, 1.165) is 34.4 Å². The minimum atomic E-state index is -1.01. The van der Waals surface area contributed by atoms with Gasteiger partial charge in [-0.15, -0.1) is 11.3 Å². The number of unbranched alkanes of at least 4 members (excludes halogenated alkanes) is 1. The molecule has 0 saturated carbocycles. The number of carbonyl (C=O) groups excluding carboxylic acids is 1. The van der Waals surface area contributed by atoms with E-state index in [0.29, 0.717) is 18.7 Å². The van der Waals surface area contributed by atoms with E-state index in [9.17, 15) is 14.7 Å². The molecule has 0 aliphatic rings. The van der Waals surface area contributed by atoms with Gasteiger partial charge in [0.2, 0.25) is 5.91 Å². The van der Waals surface area contributed by atoms with Crippen molar-refractivity contribution in [3.05, 3.63) is 76.7 Å². The van der Waals surface area contributed by atoms with E-state index in [2.05, 4.69) is 0 Å². The molecular weight excluding hydrogens is 382 g/mol. The smallest absolute Gasteiger partial charge is 0.348 e. The summed E-state index contributed by atoms with van der Waals surface area (Å²) >= 11 is 1.21. The maximum Gasteiger partial charge on any atom is 0.348 e. The SMILES string of the molecule is CCCCC(=O)N(Cc1ccccc1C)c1cc(-c2ccccc2)sc1C(=O)O. The van der Waals surface area contributed by atoms with Crippen LogP contribution in [0, 0.1) is 6.92 Å². The van der Waals surface area contributed by atoms with Gasteiger partial charge in [0.25, 0.3) is 0 Å². The quantitative estimate of drug-likeness (QED) is 0.487. The second kappa shape index (κ2) is 9.52. The number of carbonyl (C=O) groups is 2. The first-order valence-corrected chi connectivity index (χ1v) is 10.6. The molecule has 0 atom stereocenters. The second-order valence-electron chi connectivity index (χ2n) is 7.01. The van der Waals surface area contributed by atoms with Gasteiger partial charge in [-0.3, -0.25) is 4.79 Å². The van der Waals surface area contributed by atoms with Crippen molar-refractivity contribution in [1.29, 1.82) is 0 Å². The number of thiophene rings is 1. The molecular formula is C24H25NO3S. The van der Waals surface area contributed by atoms with Gasteiger partial charge in [-0.1, -0.05) is 67.9 Å². The van der Waals surface area contributed by atoms with Crippen LogP contribution in [0.3, 0.4) is 0 Å². The van der Waals surface area contributed by atoms with Crippen LogP contribution >= 0.6 is 11.3 Å². The monoisotopic (exact) mass is 407 g/mol. The number of hydrogen-bond donors (Lipinski definition) is 1. The first-order chi connectivity index (χ1) is 14.0. The molecule has 0 saturated heterocycles. The van der Waals surface area contributed by atoms with E-state index in [4.69, 9.17) is 0 Å². The number of carboxylic acid groups (broad SMARTS) is 1. The van der Waals surface area contributed by atoms with Crippen LogP contribution in [0.1, 0.15) is 47.0 Å². The summed E-state index contributed by atoms with van der Waals surface area (Å²) in [7, 11) is 0. The Bertz CT molecular complexity index is 994. The predicted molar refractivity (Wildman–Crippen MR) is 119 cm³/mol. The summed E-state index contributed by atoms with van der Waals surface area (Å²) < 4.78 is 0. The lowest BCUT2D eigenvalue weighted by molar-refractivity contribution is -0.118. The Morgan fingerprint density at radius 3 is 2.38 bits per heavy atom. The Hall–Kier alpha value is -2.92. The minimum Gasteiger partial charge on any atom is -0.477 e. The van der Waals surface area contributed by atoms with Crippen molar-refractivity contribution in [1.82, 2.24) is 0 Å². The standard InChI is InChI=1S/C24H25NO3S/c1-3-4-14-22(26)25(16-19-13-9-8-10-17(19)2)20-15-21(29-23(20)24(27)28)18-11-6-5-7-12-18/h5-13,15H,3-4,14,16H2,1-2H3,(H,27,28). The molecule has 0 spiro atoms. The number of benzene rings is 2. The molecule has 150 valence electrons. The summed E-state index contributed by atoms with van der Waals surface area (Å²) in [6.07, 6.45) is 2.09. The van der Waals surface area contributed by atoms with Gasteiger partial charge in [0.15, 0.2) is 0 Å². The first-order valence-electron chi connectivity index (χ1n) is 9.78. The van der Waals surface area contributed by atoms with Crippen molar-refractivity contribution >= 4 is 28.9 Å². The van der Waals surface area contributed by atoms with Gasteiger partial charge >= 0.3 is 5.97 Å². The molecule has 0 bridgehead atoms. The van der Waals surface area contributed by atoms with Crippen molar-refractivity contribution in [3.8, 4) is 10.4 Å². The van der Waals surface area contributed by atoms with E-state index in [1.54, 1.807) is 4.90 Å². The number of amides is 1. The number of rotatable bonds is 8. The molecule has 2 aromatic carbocycles. The Morgan fingerprint density at radius 2 is 1.72 bits per heavy atom. The highest BCUT2D eigenvalue weighted by Gasteiger charge is 2.25. The van der Waals surface area contributed by atoms with Crippen LogP contribution in [0.4, 0.5) is 5.69 Å².